The van der Waals surface area contributed by atoms with Crippen molar-refractivity contribution in [2.24, 2.45) is 41.2 Å². The molecule has 30 heteroatoms. The molecule has 6 fully saturated rings. The van der Waals surface area contributed by atoms with E-state index in [9.17, 15) is 10.2 Å². The van der Waals surface area contributed by atoms with Crippen LogP contribution in [0.25, 0.3) is 61.3 Å². The normalized spacial score (nSPS) is 15.7. The molecule has 0 radical (unpaired) electrons. The minimum Gasteiger partial charge on any atom is -0.508 e. The molecule has 129 heavy (non-hydrogen) atoms. The van der Waals surface area contributed by atoms with Gasteiger partial charge in [0.2, 0.25) is 0 Å². The van der Waals surface area contributed by atoms with Gasteiger partial charge < -0.3 is 61.5 Å². The lowest BCUT2D eigenvalue weighted by Crippen LogP contribution is -2.16. The summed E-state index contributed by atoms with van der Waals surface area (Å²) < 4.78 is 28.6. The number of ether oxygens (including phenoxy) is 4. The molecule has 682 valence electrons. The van der Waals surface area contributed by atoms with Crippen LogP contribution in [0.2, 0.25) is 9.49 Å². The average Bonchev–Trinajstić information content (AvgIpc) is 1.71. The Morgan fingerprint density at radius 1 is 0.333 bits per heavy atom. The number of rotatable bonds is 21. The van der Waals surface area contributed by atoms with Gasteiger partial charge >= 0.3 is 0 Å². The summed E-state index contributed by atoms with van der Waals surface area (Å²) in [4.78, 5) is 34.8. The fraction of sp³-hybridized carbons (Fsp3) is 0.455. The molecule has 6 aliphatic rings. The number of fused-ring (bicyclic) bond motifs is 6. The van der Waals surface area contributed by atoms with Gasteiger partial charge in [-0.3, -0.25) is 0 Å². The maximum Gasteiger partial charge on any atom is 0.184 e. The van der Waals surface area contributed by atoms with Crippen LogP contribution in [0.5, 0.6) is 40.2 Å². The lowest BCUT2D eigenvalue weighted by molar-refractivity contribution is 0.366. The molecular weight excluding hydrogens is 1770 g/mol. The molecule has 6 aliphatic carbocycles. The molecule has 6 saturated carbocycles. The molecule has 9 N–H and O–H groups in total. The van der Waals surface area contributed by atoms with Crippen LogP contribution < -0.4 is 51.3 Å². The highest BCUT2D eigenvalue weighted by atomic mass is 35.5. The van der Waals surface area contributed by atoms with Crippen LogP contribution in [0.3, 0.4) is 0 Å². The summed E-state index contributed by atoms with van der Waals surface area (Å²) in [5.41, 5.74) is 12.1. The average molecular weight is 1890 g/mol. The number of phenolic OH excluding ortho intramolecular Hbond substituents is 2. The van der Waals surface area contributed by atoms with Gasteiger partial charge in [0.25, 0.3) is 0 Å². The summed E-state index contributed by atoms with van der Waals surface area (Å²) in [5.74, 6) is 9.50. The van der Waals surface area contributed by atoms with Crippen LogP contribution in [0.1, 0.15) is 204 Å². The molecule has 22 nitrogen and oxygen atoms in total. The van der Waals surface area contributed by atoms with E-state index >= 15 is 0 Å². The Kier molecular flexibility index (Phi) is 38.9. The molecule has 0 saturated heterocycles. The zero-order valence-corrected chi connectivity index (χ0v) is 80.5. The second-order valence-electron chi connectivity index (χ2n) is 33.7. The van der Waals surface area contributed by atoms with Crippen LogP contribution in [0.15, 0.2) is 146 Å². The van der Waals surface area contributed by atoms with Crippen molar-refractivity contribution in [2.75, 3.05) is 87.2 Å². The van der Waals surface area contributed by atoms with E-state index in [4.69, 9.17) is 58.4 Å². The molecule has 6 aromatic carbocycles. The van der Waals surface area contributed by atoms with Gasteiger partial charge in [0.15, 0.2) is 30.1 Å². The second-order valence-corrected chi connectivity index (χ2v) is 40.9. The van der Waals surface area contributed by atoms with Crippen molar-refractivity contribution in [1.82, 2.24) is 39.9 Å². The summed E-state index contributed by atoms with van der Waals surface area (Å²) in [6, 6.07) is 44.7. The molecule has 0 aliphatic heterocycles. The third-order valence-electron chi connectivity index (χ3n) is 24.2. The SMILES string of the molecule is COc1ccc2nc(Cl)sc2c1.COc1ccc2nc(NCC3CCCCC3)sc2c1.COc1ccc2nc(NCC3CCCCC3)sc2c1.N#Cc1cc(Cl)ccn1.N#Cc1cc(Oc2ccc3nc(NCC4CCCCC4)sc3c2)ccn1.NCC1CCCCC1.Oc1ccc2nc(NCC3CCCCC3)sc2c1.Oc1ccc2nc(NCC3CCCCC3)sc2c1. The number of hydrogen-bond donors (Lipinski definition) is 8. The number of pyridine rings is 2. The van der Waals surface area contributed by atoms with Crippen LogP contribution >= 0.6 is 91.2 Å². The highest BCUT2D eigenvalue weighted by Crippen LogP contribution is 2.39. The maximum absolute atomic E-state index is 9.43. The van der Waals surface area contributed by atoms with Gasteiger partial charge in [-0.25, -0.2) is 39.9 Å². The second kappa shape index (κ2) is 51.8. The third kappa shape index (κ3) is 31.5. The summed E-state index contributed by atoms with van der Waals surface area (Å²) in [6.07, 6.45) is 44.4. The first kappa shape index (κ1) is 96.8. The van der Waals surface area contributed by atoms with Crippen molar-refractivity contribution in [3.8, 4) is 52.4 Å². The van der Waals surface area contributed by atoms with Crippen molar-refractivity contribution < 1.29 is 29.2 Å². The molecule has 0 spiro atoms. The molecule has 8 heterocycles. The van der Waals surface area contributed by atoms with Crippen LogP contribution in [0, 0.1) is 58.2 Å². The Bertz CT molecular complexity index is 5640. The topological polar surface area (TPSA) is 314 Å². The van der Waals surface area contributed by atoms with Gasteiger partial charge in [-0.05, 0) is 240 Å². The minimum absolute atomic E-state index is 0.310. The predicted octanol–water partition coefficient (Wildman–Crippen LogP) is 28.0. The van der Waals surface area contributed by atoms with Gasteiger partial charge in [-0.15, -0.1) is 11.3 Å². The van der Waals surface area contributed by atoms with E-state index in [1.54, 1.807) is 127 Å². The monoisotopic (exact) mass is 1890 g/mol. The van der Waals surface area contributed by atoms with Crippen molar-refractivity contribution in [1.29, 1.82) is 10.5 Å². The number of halogens is 2. The van der Waals surface area contributed by atoms with Gasteiger partial charge in [0.1, 0.15) is 63.8 Å². The third-order valence-corrected chi connectivity index (χ3v) is 30.4. The smallest absolute Gasteiger partial charge is 0.184 e. The van der Waals surface area contributed by atoms with Gasteiger partial charge in [0.05, 0.1) is 82.6 Å². The quantitative estimate of drug-likeness (QED) is 0.0331. The highest BCUT2D eigenvalue weighted by Gasteiger charge is 2.21. The zero-order chi connectivity index (χ0) is 89.7. The van der Waals surface area contributed by atoms with E-state index in [2.05, 4.69) is 78.6 Å². The van der Waals surface area contributed by atoms with E-state index in [1.165, 1.54) is 226 Å². The summed E-state index contributed by atoms with van der Waals surface area (Å²) in [6.45, 7) is 6.13. The number of nitrogens with zero attached hydrogens (tertiary/aromatic N) is 10. The first-order valence-corrected chi connectivity index (χ1v) is 51.4. The standard InChI is InChI=1S/C20H20N4OS.2C15H20N2OS.2C14H18N2OS.C8H6ClNOS.C7H15N.C6H3ClN2/c21-12-15-10-17(8-9-22-15)25-16-6-7-18-19(11-16)26-20(24-18)23-13-14-4-2-1-3-5-14;2*1-18-12-7-8-13-14(9-12)19-15(17-13)16-10-11-5-3-2-4-6-11;2*17-11-6-7-12-13(8-11)18-14(16-12)15-9-10-4-2-1-3-5-10;1-11-5-2-3-6-7(4-5)12-8(9)10-6;8-6-7-4-2-1-3-5-7;7-5-1-2-9-6(3-5)4-8/h6-11,14H,1-5,13H2,(H,23,24);2*7-9,11H,2-6,10H2,1H3,(H,16,17);2*6-8,10,17H,1-5,9H2,(H,15,16);2-4H,1H3;7H,1-6,8H2;1-3H. The number of thiazole rings is 6. The molecule has 14 aromatic rings. The fourth-order valence-corrected chi connectivity index (χ4v) is 22.6. The first-order valence-electron chi connectivity index (χ1n) is 45.7. The van der Waals surface area contributed by atoms with E-state index in [0.717, 1.165) is 175 Å². The number of phenols is 2. The first-order chi connectivity index (χ1) is 63.2. The number of aromatic hydroxyl groups is 2. The van der Waals surface area contributed by atoms with E-state index in [1.807, 2.05) is 84.9 Å². The summed E-state index contributed by atoms with van der Waals surface area (Å²) in [5, 5.41) is 59.0. The number of nitrogens with two attached hydrogens (primary N) is 1. The van der Waals surface area contributed by atoms with Crippen molar-refractivity contribution in [3.63, 3.8) is 0 Å². The van der Waals surface area contributed by atoms with Gasteiger partial charge in [0, 0.05) is 62.3 Å². The Labute approximate surface area is 791 Å². The van der Waals surface area contributed by atoms with Crippen LogP contribution in [-0.2, 0) is 0 Å². The number of nitrogens with one attached hydrogen (secondary N) is 5. The molecule has 8 aromatic heterocycles. The number of anilines is 5. The van der Waals surface area contributed by atoms with Crippen LogP contribution in [0.4, 0.5) is 25.7 Å². The highest BCUT2D eigenvalue weighted by molar-refractivity contribution is 7.24. The van der Waals surface area contributed by atoms with Crippen molar-refractivity contribution >= 4 is 178 Å². The number of nitriles is 2. The largest absolute Gasteiger partial charge is 0.508 e. The fourth-order valence-electron chi connectivity index (χ4n) is 16.9. The van der Waals surface area contributed by atoms with E-state index in [-0.39, 0.29) is 0 Å². The Morgan fingerprint density at radius 3 is 0.907 bits per heavy atom. The van der Waals surface area contributed by atoms with Gasteiger partial charge in [-0.2, -0.15) is 10.5 Å². The predicted molar refractivity (Wildman–Crippen MR) is 540 cm³/mol. The number of benzene rings is 6. The Balaban J connectivity index is 0.000000129. The molecule has 0 bridgehead atoms. The molecule has 0 unspecified atom stereocenters. The van der Waals surface area contributed by atoms with Crippen LogP contribution in [-0.4, -0.2) is 111 Å². The number of aromatic nitrogens is 8. The van der Waals surface area contributed by atoms with Gasteiger partial charge in [-0.1, -0.05) is 195 Å². The lowest BCUT2D eigenvalue weighted by atomic mass is 9.89. The Morgan fingerprint density at radius 2 is 0.605 bits per heavy atom. The number of methoxy groups -OCH3 is 3. The zero-order valence-electron chi connectivity index (χ0n) is 74.1. The summed E-state index contributed by atoms with van der Waals surface area (Å²) in [7, 11) is 5.04. The van der Waals surface area contributed by atoms with E-state index < -0.39 is 0 Å². The lowest BCUT2D eigenvalue weighted by Gasteiger charge is -2.21. The summed E-state index contributed by atoms with van der Waals surface area (Å²) >= 11 is 21.0. The maximum atomic E-state index is 9.43. The van der Waals surface area contributed by atoms with Crippen molar-refractivity contribution in [2.45, 2.75) is 193 Å². The van der Waals surface area contributed by atoms with E-state index in [0.29, 0.717) is 38.1 Å². The van der Waals surface area contributed by atoms with Crippen molar-refractivity contribution in [3.05, 3.63) is 167 Å². The Hall–Kier alpha value is -9.72. The molecule has 0 atom stereocenters. The molecular formula is C99H120Cl2N16O6S6. The molecule has 20 rings (SSSR count). The molecule has 0 amide bonds. The number of hydrogen-bond acceptors (Lipinski definition) is 28. The minimum atomic E-state index is 0.310.